The Morgan fingerprint density at radius 1 is 1.44 bits per heavy atom. The van der Waals surface area contributed by atoms with E-state index in [0.29, 0.717) is 17.4 Å². The summed E-state index contributed by atoms with van der Waals surface area (Å²) in [7, 11) is 1.50. The number of nitro benzene ring substituents is 1. The van der Waals surface area contributed by atoms with Gasteiger partial charge in [-0.2, -0.15) is 0 Å². The monoisotopic (exact) mass is 250 g/mol. The Morgan fingerprint density at radius 3 is 2.61 bits per heavy atom. The molecule has 0 bridgehead atoms. The molecule has 1 fully saturated rings. The molecule has 1 aromatic rings. The molecule has 5 heteroatoms. The van der Waals surface area contributed by atoms with E-state index in [-0.39, 0.29) is 16.1 Å². The van der Waals surface area contributed by atoms with E-state index >= 15 is 0 Å². The molecule has 0 amide bonds. The summed E-state index contributed by atoms with van der Waals surface area (Å²) in [5.41, 5.74) is 0.500. The van der Waals surface area contributed by atoms with Crippen LogP contribution in [-0.2, 0) is 0 Å². The Balaban J connectivity index is 2.28. The molecular weight excluding hydrogens is 232 g/mol. The van der Waals surface area contributed by atoms with Gasteiger partial charge in [0.2, 0.25) is 0 Å². The molecule has 0 radical (unpaired) electrons. The largest absolute Gasteiger partial charge is 0.496 e. The molecule has 98 valence electrons. The van der Waals surface area contributed by atoms with Gasteiger partial charge in [-0.25, -0.2) is 0 Å². The van der Waals surface area contributed by atoms with Crippen LogP contribution >= 0.6 is 0 Å². The zero-order valence-corrected chi connectivity index (χ0v) is 10.9. The standard InChI is InChI=1S/C13H18N2O3/c1-13(2,9-4-5-9)14-11-7-6-10(18-3)8-12(11)15(16)17/h6-9,14H,4-5H2,1-3H3. The van der Waals surface area contributed by atoms with Crippen molar-refractivity contribution in [3.05, 3.63) is 28.3 Å². The third-order valence-electron chi connectivity index (χ3n) is 3.46. The highest BCUT2D eigenvalue weighted by atomic mass is 16.6. The number of nitrogens with zero attached hydrogens (tertiary/aromatic N) is 1. The summed E-state index contributed by atoms with van der Waals surface area (Å²) >= 11 is 0. The predicted octanol–water partition coefficient (Wildman–Crippen LogP) is 3.20. The van der Waals surface area contributed by atoms with Crippen molar-refractivity contribution in [3.8, 4) is 5.75 Å². The lowest BCUT2D eigenvalue weighted by molar-refractivity contribution is -0.384. The van der Waals surface area contributed by atoms with Gasteiger partial charge < -0.3 is 10.1 Å². The highest BCUT2D eigenvalue weighted by Crippen LogP contribution is 2.42. The molecule has 0 saturated heterocycles. The lowest BCUT2D eigenvalue weighted by atomic mass is 9.98. The van der Waals surface area contributed by atoms with Crippen LogP contribution in [0.1, 0.15) is 26.7 Å². The third-order valence-corrected chi connectivity index (χ3v) is 3.46. The van der Waals surface area contributed by atoms with Gasteiger partial charge in [0, 0.05) is 5.54 Å². The number of rotatable bonds is 5. The first-order valence-electron chi connectivity index (χ1n) is 6.04. The molecule has 1 N–H and O–H groups in total. The van der Waals surface area contributed by atoms with Gasteiger partial charge in [0.05, 0.1) is 18.1 Å². The smallest absolute Gasteiger partial charge is 0.296 e. The lowest BCUT2D eigenvalue weighted by Gasteiger charge is -2.27. The lowest BCUT2D eigenvalue weighted by Crippen LogP contribution is -2.33. The number of benzene rings is 1. The number of methoxy groups -OCH3 is 1. The minimum absolute atomic E-state index is 0.0584. The van der Waals surface area contributed by atoms with Gasteiger partial charge in [-0.3, -0.25) is 10.1 Å². The van der Waals surface area contributed by atoms with Gasteiger partial charge in [-0.05, 0) is 44.7 Å². The van der Waals surface area contributed by atoms with Gasteiger partial charge in [-0.15, -0.1) is 0 Å². The van der Waals surface area contributed by atoms with Crippen LogP contribution < -0.4 is 10.1 Å². The summed E-state index contributed by atoms with van der Waals surface area (Å²) in [6.45, 7) is 4.16. The number of ether oxygens (including phenoxy) is 1. The van der Waals surface area contributed by atoms with E-state index in [2.05, 4.69) is 19.2 Å². The molecule has 1 saturated carbocycles. The highest BCUT2D eigenvalue weighted by molar-refractivity contribution is 5.65. The third kappa shape index (κ3) is 2.55. The fraction of sp³-hybridized carbons (Fsp3) is 0.538. The van der Waals surface area contributed by atoms with E-state index in [1.54, 1.807) is 12.1 Å². The van der Waals surface area contributed by atoms with Gasteiger partial charge in [0.1, 0.15) is 11.4 Å². The normalized spacial score (nSPS) is 15.3. The van der Waals surface area contributed by atoms with Crippen LogP contribution in [-0.4, -0.2) is 17.6 Å². The summed E-state index contributed by atoms with van der Waals surface area (Å²) in [4.78, 5) is 10.7. The van der Waals surface area contributed by atoms with Crippen LogP contribution in [0.4, 0.5) is 11.4 Å². The van der Waals surface area contributed by atoms with Gasteiger partial charge in [0.25, 0.3) is 5.69 Å². The van der Waals surface area contributed by atoms with Crippen molar-refractivity contribution in [2.75, 3.05) is 12.4 Å². The van der Waals surface area contributed by atoms with E-state index in [1.807, 2.05) is 0 Å². The molecular formula is C13H18N2O3. The molecule has 0 unspecified atom stereocenters. The molecule has 1 aliphatic rings. The van der Waals surface area contributed by atoms with Crippen LogP contribution in [0.5, 0.6) is 5.75 Å². The molecule has 18 heavy (non-hydrogen) atoms. The molecule has 0 aliphatic heterocycles. The van der Waals surface area contributed by atoms with E-state index in [4.69, 9.17) is 4.74 Å². The van der Waals surface area contributed by atoms with Crippen LogP contribution in [0.15, 0.2) is 18.2 Å². The summed E-state index contributed by atoms with van der Waals surface area (Å²) < 4.78 is 5.02. The minimum Gasteiger partial charge on any atom is -0.496 e. The van der Waals surface area contributed by atoms with E-state index in [1.165, 1.54) is 26.0 Å². The van der Waals surface area contributed by atoms with E-state index in [9.17, 15) is 10.1 Å². The van der Waals surface area contributed by atoms with E-state index in [0.717, 1.165) is 0 Å². The topological polar surface area (TPSA) is 64.4 Å². The first kappa shape index (κ1) is 12.7. The zero-order chi connectivity index (χ0) is 13.3. The highest BCUT2D eigenvalue weighted by Gasteiger charge is 2.38. The molecule has 1 aliphatic carbocycles. The average molecular weight is 250 g/mol. The Hall–Kier alpha value is -1.78. The molecule has 5 nitrogen and oxygen atoms in total. The minimum atomic E-state index is -0.381. The van der Waals surface area contributed by atoms with Crippen molar-refractivity contribution in [2.45, 2.75) is 32.2 Å². The van der Waals surface area contributed by atoms with Crippen molar-refractivity contribution >= 4 is 11.4 Å². The summed E-state index contributed by atoms with van der Waals surface area (Å²) in [6, 6.07) is 4.89. The summed E-state index contributed by atoms with van der Waals surface area (Å²) in [5, 5.41) is 14.4. The first-order valence-corrected chi connectivity index (χ1v) is 6.04. The summed E-state index contributed by atoms with van der Waals surface area (Å²) in [6.07, 6.45) is 2.37. The average Bonchev–Trinajstić information content (AvgIpc) is 3.12. The first-order chi connectivity index (χ1) is 8.44. The molecule has 0 aromatic heterocycles. The SMILES string of the molecule is COc1ccc(NC(C)(C)C2CC2)c([N+](=O)[O-])c1. The second-order valence-electron chi connectivity index (χ2n) is 5.26. The predicted molar refractivity (Wildman–Crippen MR) is 70.1 cm³/mol. The van der Waals surface area contributed by atoms with Crippen LogP contribution in [0.25, 0.3) is 0 Å². The maximum atomic E-state index is 11.1. The maximum absolute atomic E-state index is 11.1. The molecule has 1 aromatic carbocycles. The fourth-order valence-corrected chi connectivity index (χ4v) is 2.15. The number of hydrogen-bond donors (Lipinski definition) is 1. The second kappa shape index (κ2) is 4.48. The molecule has 0 heterocycles. The number of anilines is 1. The Bertz CT molecular complexity index is 467. The fourth-order valence-electron chi connectivity index (χ4n) is 2.15. The number of nitro groups is 1. The van der Waals surface area contributed by atoms with Crippen molar-refractivity contribution in [1.29, 1.82) is 0 Å². The Labute approximate surface area is 106 Å². The maximum Gasteiger partial charge on any atom is 0.296 e. The van der Waals surface area contributed by atoms with Crippen molar-refractivity contribution in [2.24, 2.45) is 5.92 Å². The van der Waals surface area contributed by atoms with Crippen molar-refractivity contribution in [3.63, 3.8) is 0 Å². The Kier molecular flexibility index (Phi) is 3.15. The number of hydrogen-bond acceptors (Lipinski definition) is 4. The van der Waals surface area contributed by atoms with Gasteiger partial charge in [-0.1, -0.05) is 0 Å². The van der Waals surface area contributed by atoms with Crippen LogP contribution in [0, 0.1) is 16.0 Å². The zero-order valence-electron chi connectivity index (χ0n) is 10.9. The van der Waals surface area contributed by atoms with Crippen LogP contribution in [0.3, 0.4) is 0 Å². The summed E-state index contributed by atoms with van der Waals surface area (Å²) in [5.74, 6) is 1.09. The van der Waals surface area contributed by atoms with E-state index < -0.39 is 0 Å². The molecule has 2 rings (SSSR count). The van der Waals surface area contributed by atoms with Crippen molar-refractivity contribution < 1.29 is 9.66 Å². The Morgan fingerprint density at radius 2 is 2.11 bits per heavy atom. The number of nitrogens with one attached hydrogen (secondary N) is 1. The second-order valence-corrected chi connectivity index (χ2v) is 5.26. The van der Waals surface area contributed by atoms with Gasteiger partial charge in [0.15, 0.2) is 0 Å². The van der Waals surface area contributed by atoms with Gasteiger partial charge >= 0.3 is 0 Å². The van der Waals surface area contributed by atoms with Crippen LogP contribution in [0.2, 0.25) is 0 Å². The molecule has 0 spiro atoms. The molecule has 0 atom stereocenters. The van der Waals surface area contributed by atoms with Crippen molar-refractivity contribution in [1.82, 2.24) is 0 Å². The quantitative estimate of drug-likeness (QED) is 0.643.